The fourth-order valence-corrected chi connectivity index (χ4v) is 3.78. The first-order chi connectivity index (χ1) is 9.75. The maximum absolute atomic E-state index is 12.7. The van der Waals surface area contributed by atoms with E-state index in [1.165, 1.54) is 10.4 Å². The zero-order valence-corrected chi connectivity index (χ0v) is 12.5. The van der Waals surface area contributed by atoms with Crippen LogP contribution in [0.2, 0.25) is 0 Å². The van der Waals surface area contributed by atoms with Gasteiger partial charge in [-0.2, -0.15) is 17.5 Å². The summed E-state index contributed by atoms with van der Waals surface area (Å²) < 4.78 is 64.5. The van der Waals surface area contributed by atoms with Crippen molar-refractivity contribution in [3.8, 4) is 0 Å². The molecule has 0 amide bonds. The summed E-state index contributed by atoms with van der Waals surface area (Å²) in [6, 6.07) is 3.95. The lowest BCUT2D eigenvalue weighted by Crippen LogP contribution is -2.33. The molecule has 0 spiro atoms. The van der Waals surface area contributed by atoms with Crippen LogP contribution in [0.1, 0.15) is 31.7 Å². The summed E-state index contributed by atoms with van der Waals surface area (Å²) in [4.78, 5) is -0.286. The fourth-order valence-electron chi connectivity index (χ4n) is 2.13. The number of alkyl halides is 3. The summed E-state index contributed by atoms with van der Waals surface area (Å²) in [5.41, 5.74) is -0.938. The molecule has 0 aliphatic heterocycles. The van der Waals surface area contributed by atoms with Gasteiger partial charge in [-0.15, -0.1) is 0 Å². The van der Waals surface area contributed by atoms with E-state index in [2.05, 4.69) is 0 Å². The first-order valence-corrected chi connectivity index (χ1v) is 8.36. The first-order valence-electron chi connectivity index (χ1n) is 6.92. The largest absolute Gasteiger partial charge is 0.416 e. The molecule has 0 heterocycles. The van der Waals surface area contributed by atoms with Gasteiger partial charge in [0.15, 0.2) is 0 Å². The standard InChI is InChI=1S/C14H18F3NO2S/c1-2-8-18(10-11-6-7-11)21(19,20)13-5-3-4-12(9-13)14(15,16)17/h3-5,9,11H,2,6-8,10H2,1H3. The molecule has 118 valence electrons. The maximum atomic E-state index is 12.7. The summed E-state index contributed by atoms with van der Waals surface area (Å²) in [7, 11) is -3.87. The van der Waals surface area contributed by atoms with Crippen LogP contribution in [-0.4, -0.2) is 25.8 Å². The third-order valence-electron chi connectivity index (χ3n) is 3.43. The van der Waals surface area contributed by atoms with Crippen molar-refractivity contribution in [2.75, 3.05) is 13.1 Å². The quantitative estimate of drug-likeness (QED) is 0.804. The fraction of sp³-hybridized carbons (Fsp3) is 0.571. The molecule has 0 bridgehead atoms. The smallest absolute Gasteiger partial charge is 0.207 e. The van der Waals surface area contributed by atoms with Gasteiger partial charge < -0.3 is 0 Å². The van der Waals surface area contributed by atoms with Gasteiger partial charge in [-0.1, -0.05) is 13.0 Å². The summed E-state index contributed by atoms with van der Waals surface area (Å²) >= 11 is 0. The third-order valence-corrected chi connectivity index (χ3v) is 5.29. The van der Waals surface area contributed by atoms with Gasteiger partial charge >= 0.3 is 6.18 Å². The van der Waals surface area contributed by atoms with E-state index >= 15 is 0 Å². The van der Waals surface area contributed by atoms with Crippen molar-refractivity contribution in [3.63, 3.8) is 0 Å². The Kier molecular flexibility index (Phi) is 4.63. The minimum atomic E-state index is -4.54. The highest BCUT2D eigenvalue weighted by Crippen LogP contribution is 2.33. The lowest BCUT2D eigenvalue weighted by Gasteiger charge is -2.22. The van der Waals surface area contributed by atoms with Crippen molar-refractivity contribution >= 4 is 10.0 Å². The van der Waals surface area contributed by atoms with E-state index in [1.807, 2.05) is 6.92 Å². The molecule has 0 N–H and O–H groups in total. The number of sulfonamides is 1. The Morgan fingerprint density at radius 3 is 2.48 bits per heavy atom. The van der Waals surface area contributed by atoms with Crippen LogP contribution in [0.4, 0.5) is 13.2 Å². The van der Waals surface area contributed by atoms with Gasteiger partial charge in [0.05, 0.1) is 10.5 Å². The summed E-state index contributed by atoms with van der Waals surface area (Å²) in [5.74, 6) is 0.345. The van der Waals surface area contributed by atoms with Crippen molar-refractivity contribution < 1.29 is 21.6 Å². The molecule has 0 radical (unpaired) electrons. The molecule has 1 aromatic carbocycles. The minimum Gasteiger partial charge on any atom is -0.207 e. The number of rotatable bonds is 6. The molecule has 2 rings (SSSR count). The number of benzene rings is 1. The van der Waals surface area contributed by atoms with Crippen LogP contribution in [0, 0.1) is 5.92 Å². The lowest BCUT2D eigenvalue weighted by atomic mass is 10.2. The molecule has 1 aliphatic rings. The van der Waals surface area contributed by atoms with Crippen molar-refractivity contribution in [1.82, 2.24) is 4.31 Å². The number of hydrogen-bond acceptors (Lipinski definition) is 2. The van der Waals surface area contributed by atoms with Crippen LogP contribution in [0.25, 0.3) is 0 Å². The van der Waals surface area contributed by atoms with Gasteiger partial charge in [0, 0.05) is 13.1 Å². The number of hydrogen-bond donors (Lipinski definition) is 0. The second kappa shape index (κ2) is 5.96. The highest BCUT2D eigenvalue weighted by atomic mass is 32.2. The molecule has 0 atom stereocenters. The highest BCUT2D eigenvalue weighted by Gasteiger charge is 2.34. The van der Waals surface area contributed by atoms with Gasteiger partial charge in [0.2, 0.25) is 10.0 Å². The van der Waals surface area contributed by atoms with Gasteiger partial charge in [0.1, 0.15) is 0 Å². The Morgan fingerprint density at radius 1 is 1.29 bits per heavy atom. The summed E-state index contributed by atoms with van der Waals surface area (Å²) in [6.45, 7) is 2.57. The van der Waals surface area contributed by atoms with E-state index in [9.17, 15) is 21.6 Å². The Balaban J connectivity index is 2.32. The third kappa shape index (κ3) is 3.97. The predicted molar refractivity (Wildman–Crippen MR) is 73.2 cm³/mol. The zero-order chi connectivity index (χ0) is 15.7. The average Bonchev–Trinajstić information content (AvgIpc) is 3.21. The van der Waals surface area contributed by atoms with Gasteiger partial charge in [-0.25, -0.2) is 8.42 Å². The molecule has 21 heavy (non-hydrogen) atoms. The molecule has 7 heteroatoms. The second-order valence-corrected chi connectivity index (χ2v) is 7.27. The van der Waals surface area contributed by atoms with E-state index in [4.69, 9.17) is 0 Å². The monoisotopic (exact) mass is 321 g/mol. The van der Waals surface area contributed by atoms with Crippen LogP contribution >= 0.6 is 0 Å². The molecule has 1 fully saturated rings. The molecular weight excluding hydrogens is 303 g/mol. The van der Waals surface area contributed by atoms with Gasteiger partial charge in [-0.3, -0.25) is 0 Å². The van der Waals surface area contributed by atoms with Crippen LogP contribution in [0.3, 0.4) is 0 Å². The molecule has 3 nitrogen and oxygen atoms in total. The van der Waals surface area contributed by atoms with E-state index < -0.39 is 21.8 Å². The van der Waals surface area contributed by atoms with E-state index in [1.54, 1.807) is 0 Å². The topological polar surface area (TPSA) is 37.4 Å². The summed E-state index contributed by atoms with van der Waals surface area (Å²) in [6.07, 6.45) is -1.95. The minimum absolute atomic E-state index is 0.286. The first kappa shape index (κ1) is 16.3. The van der Waals surface area contributed by atoms with Crippen LogP contribution in [-0.2, 0) is 16.2 Å². The zero-order valence-electron chi connectivity index (χ0n) is 11.7. The maximum Gasteiger partial charge on any atom is 0.416 e. The molecule has 1 aliphatic carbocycles. The van der Waals surface area contributed by atoms with E-state index in [0.717, 1.165) is 25.0 Å². The predicted octanol–water partition coefficient (Wildman–Crippen LogP) is 3.52. The van der Waals surface area contributed by atoms with Crippen molar-refractivity contribution in [2.45, 2.75) is 37.3 Å². The molecular formula is C14H18F3NO2S. The van der Waals surface area contributed by atoms with E-state index in [0.29, 0.717) is 31.5 Å². The van der Waals surface area contributed by atoms with Gasteiger partial charge in [-0.05, 0) is 43.4 Å². The molecule has 1 aromatic rings. The van der Waals surface area contributed by atoms with Gasteiger partial charge in [0.25, 0.3) is 0 Å². The number of nitrogens with zero attached hydrogens (tertiary/aromatic N) is 1. The molecule has 0 saturated heterocycles. The average molecular weight is 321 g/mol. The van der Waals surface area contributed by atoms with Crippen molar-refractivity contribution in [3.05, 3.63) is 29.8 Å². The summed E-state index contributed by atoms with van der Waals surface area (Å²) in [5, 5.41) is 0. The Hall–Kier alpha value is -1.08. The Labute approximate surface area is 122 Å². The molecule has 0 unspecified atom stereocenters. The van der Waals surface area contributed by atoms with Crippen molar-refractivity contribution in [1.29, 1.82) is 0 Å². The van der Waals surface area contributed by atoms with Crippen LogP contribution in [0.15, 0.2) is 29.2 Å². The second-order valence-electron chi connectivity index (χ2n) is 5.33. The van der Waals surface area contributed by atoms with E-state index in [-0.39, 0.29) is 4.90 Å². The van der Waals surface area contributed by atoms with Crippen molar-refractivity contribution in [2.24, 2.45) is 5.92 Å². The lowest BCUT2D eigenvalue weighted by molar-refractivity contribution is -0.137. The molecule has 0 aromatic heterocycles. The Bertz CT molecular complexity index is 594. The highest BCUT2D eigenvalue weighted by molar-refractivity contribution is 7.89. The van der Waals surface area contributed by atoms with Crippen LogP contribution in [0.5, 0.6) is 0 Å². The molecule has 1 saturated carbocycles. The normalized spacial score (nSPS) is 16.4. The van der Waals surface area contributed by atoms with Crippen LogP contribution < -0.4 is 0 Å². The SMILES string of the molecule is CCCN(CC1CC1)S(=O)(=O)c1cccc(C(F)(F)F)c1. The Morgan fingerprint density at radius 2 is 1.95 bits per heavy atom. The number of halogens is 3.